The summed E-state index contributed by atoms with van der Waals surface area (Å²) in [6.45, 7) is 0. The van der Waals surface area contributed by atoms with Crippen molar-refractivity contribution in [3.63, 3.8) is 0 Å². The van der Waals surface area contributed by atoms with Crippen LogP contribution in [0.1, 0.15) is 5.56 Å². The average molecular weight is 205 g/mol. The van der Waals surface area contributed by atoms with Crippen LogP contribution in [0.15, 0.2) is 18.2 Å². The normalized spacial score (nSPS) is 11.5. The highest BCUT2D eigenvalue weighted by molar-refractivity contribution is 5.52. The zero-order chi connectivity index (χ0) is 10.9. The Morgan fingerprint density at radius 3 is 2.14 bits per heavy atom. The van der Waals surface area contributed by atoms with Crippen molar-refractivity contribution in [3.8, 4) is 5.75 Å². The molecule has 1 N–H and O–H groups in total. The molecule has 0 unspecified atom stereocenters. The standard InChI is InChI=1S/C9H10F3NO/c1-13(2)7-3-6(9(10,11)12)4-8(14)5-7/h3-5,14H,1-2H3. The molecule has 0 radical (unpaired) electrons. The highest BCUT2D eigenvalue weighted by Crippen LogP contribution is 2.34. The summed E-state index contributed by atoms with van der Waals surface area (Å²) in [6, 6.07) is 2.96. The van der Waals surface area contributed by atoms with Gasteiger partial charge >= 0.3 is 6.18 Å². The third-order valence-corrected chi connectivity index (χ3v) is 1.75. The summed E-state index contributed by atoms with van der Waals surface area (Å²) in [7, 11) is 3.21. The van der Waals surface area contributed by atoms with Crippen molar-refractivity contribution in [2.24, 2.45) is 0 Å². The van der Waals surface area contributed by atoms with Crippen LogP contribution in [0, 0.1) is 0 Å². The second-order valence-electron chi connectivity index (χ2n) is 3.13. The molecule has 0 aromatic heterocycles. The Hall–Kier alpha value is -1.39. The maximum absolute atomic E-state index is 12.3. The zero-order valence-electron chi connectivity index (χ0n) is 7.76. The van der Waals surface area contributed by atoms with Crippen molar-refractivity contribution in [2.75, 3.05) is 19.0 Å². The van der Waals surface area contributed by atoms with Crippen LogP contribution >= 0.6 is 0 Å². The van der Waals surface area contributed by atoms with Crippen LogP contribution in [0.2, 0.25) is 0 Å². The van der Waals surface area contributed by atoms with Crippen LogP contribution in [0.4, 0.5) is 18.9 Å². The summed E-state index contributed by atoms with van der Waals surface area (Å²) in [5.74, 6) is -0.386. The van der Waals surface area contributed by atoms with Gasteiger partial charge in [-0.25, -0.2) is 0 Å². The Labute approximate surface area is 79.6 Å². The molecule has 1 aromatic carbocycles. The molecule has 0 aliphatic carbocycles. The number of hydrogen-bond donors (Lipinski definition) is 1. The van der Waals surface area contributed by atoms with E-state index in [0.29, 0.717) is 11.8 Å². The maximum Gasteiger partial charge on any atom is 0.416 e. The number of hydrogen-bond acceptors (Lipinski definition) is 2. The Morgan fingerprint density at radius 2 is 1.71 bits per heavy atom. The molecule has 0 amide bonds. The van der Waals surface area contributed by atoms with Gasteiger partial charge in [-0.2, -0.15) is 13.2 Å². The highest BCUT2D eigenvalue weighted by Gasteiger charge is 2.31. The minimum atomic E-state index is -4.43. The summed E-state index contributed by atoms with van der Waals surface area (Å²) in [5, 5.41) is 9.08. The lowest BCUT2D eigenvalue weighted by Gasteiger charge is -2.15. The van der Waals surface area contributed by atoms with E-state index in [2.05, 4.69) is 0 Å². The zero-order valence-corrected chi connectivity index (χ0v) is 7.76. The molecule has 0 fully saturated rings. The lowest BCUT2D eigenvalue weighted by atomic mass is 10.1. The fourth-order valence-electron chi connectivity index (χ4n) is 1.02. The van der Waals surface area contributed by atoms with E-state index >= 15 is 0 Å². The van der Waals surface area contributed by atoms with Crippen molar-refractivity contribution in [3.05, 3.63) is 23.8 Å². The Bertz CT molecular complexity index is 333. The van der Waals surface area contributed by atoms with E-state index in [-0.39, 0.29) is 5.75 Å². The molecule has 0 aliphatic heterocycles. The van der Waals surface area contributed by atoms with Gasteiger partial charge in [0.2, 0.25) is 0 Å². The molecule has 0 atom stereocenters. The van der Waals surface area contributed by atoms with Crippen molar-refractivity contribution in [1.29, 1.82) is 0 Å². The lowest BCUT2D eigenvalue weighted by molar-refractivity contribution is -0.137. The van der Waals surface area contributed by atoms with Gasteiger partial charge in [-0.3, -0.25) is 0 Å². The molecule has 0 bridgehead atoms. The van der Waals surface area contributed by atoms with Crippen molar-refractivity contribution < 1.29 is 18.3 Å². The van der Waals surface area contributed by atoms with Crippen molar-refractivity contribution in [1.82, 2.24) is 0 Å². The van der Waals surface area contributed by atoms with E-state index < -0.39 is 11.7 Å². The smallest absolute Gasteiger partial charge is 0.416 e. The number of phenols is 1. The molecule has 5 heteroatoms. The van der Waals surface area contributed by atoms with Gasteiger partial charge in [0, 0.05) is 25.8 Å². The Balaban J connectivity index is 3.21. The van der Waals surface area contributed by atoms with Crippen LogP contribution < -0.4 is 4.90 Å². The third kappa shape index (κ3) is 2.31. The molecular weight excluding hydrogens is 195 g/mol. The quantitative estimate of drug-likeness (QED) is 0.761. The summed E-state index contributed by atoms with van der Waals surface area (Å²) in [5.41, 5.74) is -0.529. The van der Waals surface area contributed by atoms with Crippen LogP contribution in [0.3, 0.4) is 0 Å². The predicted molar refractivity (Wildman–Crippen MR) is 47.4 cm³/mol. The van der Waals surface area contributed by atoms with Gasteiger partial charge in [0.05, 0.1) is 5.56 Å². The van der Waals surface area contributed by atoms with Crippen LogP contribution in [0.25, 0.3) is 0 Å². The monoisotopic (exact) mass is 205 g/mol. The molecule has 0 heterocycles. The largest absolute Gasteiger partial charge is 0.508 e. The van der Waals surface area contributed by atoms with Crippen molar-refractivity contribution in [2.45, 2.75) is 6.18 Å². The first-order chi connectivity index (χ1) is 6.30. The SMILES string of the molecule is CN(C)c1cc(O)cc(C(F)(F)F)c1. The lowest BCUT2D eigenvalue weighted by Crippen LogP contribution is -2.11. The maximum atomic E-state index is 12.3. The number of halogens is 3. The molecule has 2 nitrogen and oxygen atoms in total. The van der Waals surface area contributed by atoms with Gasteiger partial charge < -0.3 is 10.0 Å². The minimum absolute atomic E-state index is 0.317. The fraction of sp³-hybridized carbons (Fsp3) is 0.333. The topological polar surface area (TPSA) is 23.5 Å². The summed E-state index contributed by atoms with van der Waals surface area (Å²) in [4.78, 5) is 1.50. The minimum Gasteiger partial charge on any atom is -0.508 e. The first kappa shape index (κ1) is 10.7. The first-order valence-electron chi connectivity index (χ1n) is 3.89. The highest BCUT2D eigenvalue weighted by atomic mass is 19.4. The molecule has 1 aromatic rings. The third-order valence-electron chi connectivity index (χ3n) is 1.75. The second-order valence-corrected chi connectivity index (χ2v) is 3.13. The summed E-state index contributed by atoms with van der Waals surface area (Å²) < 4.78 is 36.8. The van der Waals surface area contributed by atoms with Gasteiger partial charge in [0.25, 0.3) is 0 Å². The number of phenolic OH excluding ortho intramolecular Hbond substituents is 1. The van der Waals surface area contributed by atoms with Gasteiger partial charge in [-0.1, -0.05) is 0 Å². The molecule has 0 saturated carbocycles. The van der Waals surface area contributed by atoms with Gasteiger partial charge in [-0.15, -0.1) is 0 Å². The molecule has 0 spiro atoms. The predicted octanol–water partition coefficient (Wildman–Crippen LogP) is 2.48. The second kappa shape index (κ2) is 3.40. The molecule has 1 rings (SSSR count). The number of aromatic hydroxyl groups is 1. The number of alkyl halides is 3. The van der Waals surface area contributed by atoms with Gasteiger partial charge in [0.1, 0.15) is 5.75 Å². The molecule has 14 heavy (non-hydrogen) atoms. The van der Waals surface area contributed by atoms with Gasteiger partial charge in [-0.05, 0) is 12.1 Å². The van der Waals surface area contributed by atoms with E-state index in [9.17, 15) is 13.2 Å². The van der Waals surface area contributed by atoms with Gasteiger partial charge in [0.15, 0.2) is 0 Å². The molecule has 0 saturated heterocycles. The van der Waals surface area contributed by atoms with E-state index in [1.165, 1.54) is 11.0 Å². The van der Waals surface area contributed by atoms with Crippen molar-refractivity contribution >= 4 is 5.69 Å². The fourth-order valence-corrected chi connectivity index (χ4v) is 1.02. The van der Waals surface area contributed by atoms with E-state index in [4.69, 9.17) is 5.11 Å². The average Bonchev–Trinajstić information content (AvgIpc) is 2.01. The summed E-state index contributed by atoms with van der Waals surface area (Å²) >= 11 is 0. The first-order valence-corrected chi connectivity index (χ1v) is 3.89. The van der Waals surface area contributed by atoms with E-state index in [1.807, 2.05) is 0 Å². The number of benzene rings is 1. The molecule has 78 valence electrons. The number of nitrogens with zero attached hydrogens (tertiary/aromatic N) is 1. The summed E-state index contributed by atoms with van der Waals surface area (Å²) in [6.07, 6.45) is -4.43. The Kier molecular flexibility index (Phi) is 2.59. The van der Waals surface area contributed by atoms with Crippen LogP contribution in [-0.4, -0.2) is 19.2 Å². The number of anilines is 1. The molecular formula is C9H10F3NO. The van der Waals surface area contributed by atoms with E-state index in [0.717, 1.165) is 6.07 Å². The van der Waals surface area contributed by atoms with Crippen LogP contribution in [-0.2, 0) is 6.18 Å². The Morgan fingerprint density at radius 1 is 1.14 bits per heavy atom. The number of rotatable bonds is 1. The van der Waals surface area contributed by atoms with E-state index in [1.54, 1.807) is 14.1 Å². The van der Waals surface area contributed by atoms with Crippen LogP contribution in [0.5, 0.6) is 5.75 Å². The molecule has 0 aliphatic rings.